The summed E-state index contributed by atoms with van der Waals surface area (Å²) < 4.78 is 47.4. The van der Waals surface area contributed by atoms with Crippen LogP contribution in [0.4, 0.5) is 18.9 Å². The summed E-state index contributed by atoms with van der Waals surface area (Å²) in [7, 11) is 0. The van der Waals surface area contributed by atoms with Crippen LogP contribution in [0, 0.1) is 0 Å². The molecule has 0 aliphatic carbocycles. The van der Waals surface area contributed by atoms with Crippen molar-refractivity contribution in [2.75, 3.05) is 5.32 Å². The molecule has 0 aliphatic heterocycles. The molecule has 0 fully saturated rings. The predicted molar refractivity (Wildman–Crippen MR) is 86.8 cm³/mol. The highest BCUT2D eigenvalue weighted by Crippen LogP contribution is 2.30. The number of nitrogens with one attached hydrogen (secondary N) is 1. The second-order valence-corrected chi connectivity index (χ2v) is 5.33. The van der Waals surface area contributed by atoms with E-state index in [-0.39, 0.29) is 18.7 Å². The summed E-state index contributed by atoms with van der Waals surface area (Å²) in [6.45, 7) is 0.0178. The zero-order valence-corrected chi connectivity index (χ0v) is 13.2. The van der Waals surface area contributed by atoms with Gasteiger partial charge in [0.15, 0.2) is 11.3 Å². The van der Waals surface area contributed by atoms with Crippen LogP contribution in [0.1, 0.15) is 6.42 Å². The Hall–Kier alpha value is -3.23. The second-order valence-electron chi connectivity index (χ2n) is 5.33. The van der Waals surface area contributed by atoms with E-state index in [1.165, 1.54) is 22.8 Å². The Bertz CT molecular complexity index is 991. The lowest BCUT2D eigenvalue weighted by Crippen LogP contribution is -2.21. The van der Waals surface area contributed by atoms with E-state index >= 15 is 0 Å². The van der Waals surface area contributed by atoms with Crippen LogP contribution in [-0.4, -0.2) is 16.8 Å². The summed E-state index contributed by atoms with van der Waals surface area (Å²) in [6.07, 6.45) is -5.01. The summed E-state index contributed by atoms with van der Waals surface area (Å²) in [4.78, 5) is 23.9. The number of halogens is 3. The quantitative estimate of drug-likeness (QED) is 0.750. The Morgan fingerprint density at radius 3 is 2.58 bits per heavy atom. The Morgan fingerprint density at radius 1 is 1.12 bits per heavy atom. The minimum atomic E-state index is -4.87. The van der Waals surface area contributed by atoms with Gasteiger partial charge in [0.05, 0.1) is 11.2 Å². The molecule has 0 aliphatic rings. The van der Waals surface area contributed by atoms with Crippen LogP contribution in [0.2, 0.25) is 0 Å². The first-order valence-corrected chi connectivity index (χ1v) is 7.56. The van der Waals surface area contributed by atoms with Gasteiger partial charge in [-0.25, -0.2) is 4.79 Å². The van der Waals surface area contributed by atoms with E-state index in [2.05, 4.69) is 10.1 Å². The number of carbonyl (C=O) groups excluding carboxylic acids is 1. The van der Waals surface area contributed by atoms with Gasteiger partial charge in [-0.2, -0.15) is 0 Å². The molecule has 0 saturated heterocycles. The number of hydrogen-bond acceptors (Lipinski definition) is 4. The Labute approximate surface area is 144 Å². The Balaban J connectivity index is 1.70. The molecular formula is C17H13F3N2O4. The minimum absolute atomic E-state index is 0.0178. The van der Waals surface area contributed by atoms with Gasteiger partial charge in [0.25, 0.3) is 0 Å². The lowest BCUT2D eigenvalue weighted by atomic mass is 10.2. The zero-order valence-electron chi connectivity index (χ0n) is 13.2. The first-order valence-electron chi connectivity index (χ1n) is 7.56. The number of aromatic nitrogens is 1. The monoisotopic (exact) mass is 366 g/mol. The van der Waals surface area contributed by atoms with Crippen LogP contribution < -0.4 is 15.8 Å². The number of fused-ring (bicyclic) bond motifs is 1. The summed E-state index contributed by atoms with van der Waals surface area (Å²) in [5.74, 6) is -1.69. The maximum absolute atomic E-state index is 12.4. The number of aryl methyl sites for hydroxylation is 1. The van der Waals surface area contributed by atoms with Crippen molar-refractivity contribution in [3.05, 3.63) is 59.1 Å². The van der Waals surface area contributed by atoms with Crippen molar-refractivity contribution < 1.29 is 27.1 Å². The summed E-state index contributed by atoms with van der Waals surface area (Å²) >= 11 is 0. The van der Waals surface area contributed by atoms with Gasteiger partial charge in [-0.1, -0.05) is 24.3 Å². The minimum Gasteiger partial charge on any atom is -0.408 e. The fraction of sp³-hybridized carbons (Fsp3) is 0.176. The number of hydrogen-bond donors (Lipinski definition) is 1. The fourth-order valence-electron chi connectivity index (χ4n) is 2.44. The summed E-state index contributed by atoms with van der Waals surface area (Å²) in [5, 5.41) is 2.35. The maximum Gasteiger partial charge on any atom is 0.573 e. The molecule has 3 rings (SSSR count). The summed E-state index contributed by atoms with van der Waals surface area (Å²) in [6, 6.07) is 11.9. The predicted octanol–water partition coefficient (Wildman–Crippen LogP) is 3.52. The third kappa shape index (κ3) is 4.05. The van der Waals surface area contributed by atoms with Gasteiger partial charge in [0.2, 0.25) is 5.91 Å². The molecule has 0 atom stereocenters. The largest absolute Gasteiger partial charge is 0.573 e. The number of alkyl halides is 3. The number of carbonyl (C=O) groups is 1. The smallest absolute Gasteiger partial charge is 0.408 e. The van der Waals surface area contributed by atoms with Gasteiger partial charge in [-0.05, 0) is 24.3 Å². The first-order chi connectivity index (χ1) is 12.3. The van der Waals surface area contributed by atoms with Crippen LogP contribution in [0.3, 0.4) is 0 Å². The van der Waals surface area contributed by atoms with Gasteiger partial charge in [0, 0.05) is 13.0 Å². The molecule has 26 heavy (non-hydrogen) atoms. The number of amides is 1. The molecule has 136 valence electrons. The molecule has 1 heterocycles. The average Bonchev–Trinajstić information content (AvgIpc) is 2.89. The number of ether oxygens (including phenoxy) is 1. The second kappa shape index (κ2) is 6.95. The highest BCUT2D eigenvalue weighted by molar-refractivity contribution is 5.92. The molecule has 0 radical (unpaired) electrons. The maximum atomic E-state index is 12.4. The van der Waals surface area contributed by atoms with E-state index in [1.807, 2.05) is 0 Å². The molecule has 9 heteroatoms. The van der Waals surface area contributed by atoms with Gasteiger partial charge in [-0.3, -0.25) is 9.36 Å². The topological polar surface area (TPSA) is 73.5 Å². The van der Waals surface area contributed by atoms with Gasteiger partial charge < -0.3 is 14.5 Å². The van der Waals surface area contributed by atoms with Crippen molar-refractivity contribution in [3.8, 4) is 5.75 Å². The zero-order chi connectivity index (χ0) is 18.7. The third-order valence-corrected chi connectivity index (χ3v) is 3.52. The normalized spacial score (nSPS) is 11.5. The highest BCUT2D eigenvalue weighted by atomic mass is 19.4. The van der Waals surface area contributed by atoms with Crippen LogP contribution >= 0.6 is 0 Å². The molecule has 0 saturated carbocycles. The lowest BCUT2D eigenvalue weighted by Gasteiger charge is -2.13. The average molecular weight is 366 g/mol. The van der Waals surface area contributed by atoms with E-state index in [1.54, 1.807) is 24.3 Å². The van der Waals surface area contributed by atoms with Crippen molar-refractivity contribution in [1.82, 2.24) is 4.57 Å². The van der Waals surface area contributed by atoms with E-state index in [9.17, 15) is 22.8 Å². The molecule has 3 aromatic rings. The van der Waals surface area contributed by atoms with Gasteiger partial charge in [0.1, 0.15) is 0 Å². The fourth-order valence-corrected chi connectivity index (χ4v) is 2.44. The van der Waals surface area contributed by atoms with Crippen LogP contribution in [0.15, 0.2) is 57.7 Å². The van der Waals surface area contributed by atoms with Crippen LogP contribution in [-0.2, 0) is 11.3 Å². The molecule has 0 spiro atoms. The van der Waals surface area contributed by atoms with Crippen LogP contribution in [0.25, 0.3) is 11.1 Å². The van der Waals surface area contributed by atoms with Crippen molar-refractivity contribution in [2.45, 2.75) is 19.3 Å². The molecule has 0 bridgehead atoms. The van der Waals surface area contributed by atoms with Crippen LogP contribution in [0.5, 0.6) is 5.75 Å². The van der Waals surface area contributed by atoms with E-state index in [0.717, 1.165) is 6.07 Å². The summed E-state index contributed by atoms with van der Waals surface area (Å²) in [5.41, 5.74) is 0.812. The van der Waals surface area contributed by atoms with Crippen molar-refractivity contribution >= 4 is 22.7 Å². The molecule has 0 unspecified atom stereocenters. The lowest BCUT2D eigenvalue weighted by molar-refractivity contribution is -0.274. The van der Waals surface area contributed by atoms with Crippen molar-refractivity contribution in [1.29, 1.82) is 0 Å². The Morgan fingerprint density at radius 2 is 1.81 bits per heavy atom. The van der Waals surface area contributed by atoms with Crippen molar-refractivity contribution in [3.63, 3.8) is 0 Å². The first kappa shape index (κ1) is 17.6. The number of anilines is 1. The van der Waals surface area contributed by atoms with E-state index in [0.29, 0.717) is 11.1 Å². The SMILES string of the molecule is O=C(CCn1c(=O)oc2ccccc21)Nc1ccccc1OC(F)(F)F. The molecule has 1 amide bonds. The Kier molecular flexibility index (Phi) is 4.70. The standard InChI is InChI=1S/C17H13F3N2O4/c18-17(19,20)26-13-7-3-1-5-11(13)21-15(23)9-10-22-12-6-2-4-8-14(12)25-16(22)24/h1-8H,9-10H2,(H,21,23). The number of benzene rings is 2. The molecule has 1 aromatic heterocycles. The number of nitrogens with zero attached hydrogens (tertiary/aromatic N) is 1. The van der Waals surface area contributed by atoms with Gasteiger partial charge >= 0.3 is 12.1 Å². The third-order valence-electron chi connectivity index (χ3n) is 3.52. The number of para-hydroxylation sites is 4. The van der Waals surface area contributed by atoms with E-state index < -0.39 is 23.8 Å². The van der Waals surface area contributed by atoms with Crippen molar-refractivity contribution in [2.24, 2.45) is 0 Å². The molecule has 6 nitrogen and oxygen atoms in total. The molecule has 1 N–H and O–H groups in total. The number of oxazole rings is 1. The molecule has 2 aromatic carbocycles. The number of rotatable bonds is 5. The highest BCUT2D eigenvalue weighted by Gasteiger charge is 2.32. The van der Waals surface area contributed by atoms with Gasteiger partial charge in [-0.15, -0.1) is 13.2 Å². The van der Waals surface area contributed by atoms with E-state index in [4.69, 9.17) is 4.42 Å². The molecular weight excluding hydrogens is 353 g/mol.